The fourth-order valence-electron chi connectivity index (χ4n) is 4.31. The summed E-state index contributed by atoms with van der Waals surface area (Å²) in [7, 11) is 0. The van der Waals surface area contributed by atoms with Crippen LogP contribution < -0.4 is 16.0 Å². The molecule has 0 spiro atoms. The van der Waals surface area contributed by atoms with Crippen LogP contribution in [0.4, 0.5) is 11.5 Å². The van der Waals surface area contributed by atoms with E-state index in [2.05, 4.69) is 59.1 Å². The SMILES string of the molecule is CC[C@@]1(NC[C@@H](C)c2ccc(C#N)cc2)CC1[C@H]1CNc2cccnc2N1. The number of nitriles is 1. The molecule has 27 heavy (non-hydrogen) atoms. The molecule has 0 amide bonds. The van der Waals surface area contributed by atoms with Gasteiger partial charge in [-0.25, -0.2) is 4.98 Å². The predicted molar refractivity (Wildman–Crippen MR) is 109 cm³/mol. The molecule has 1 unspecified atom stereocenters. The summed E-state index contributed by atoms with van der Waals surface area (Å²) in [6.07, 6.45) is 4.17. The number of pyridine rings is 1. The molecule has 5 heteroatoms. The number of hydrogen-bond acceptors (Lipinski definition) is 5. The quantitative estimate of drug-likeness (QED) is 0.731. The molecule has 140 valence electrons. The number of anilines is 2. The third kappa shape index (κ3) is 3.50. The van der Waals surface area contributed by atoms with Crippen LogP contribution in [0, 0.1) is 17.2 Å². The summed E-state index contributed by atoms with van der Waals surface area (Å²) in [5, 5.41) is 20.0. The van der Waals surface area contributed by atoms with Gasteiger partial charge < -0.3 is 16.0 Å². The first-order valence-electron chi connectivity index (χ1n) is 9.85. The van der Waals surface area contributed by atoms with Crippen LogP contribution in [0.1, 0.15) is 43.7 Å². The van der Waals surface area contributed by atoms with Crippen molar-refractivity contribution in [2.24, 2.45) is 5.92 Å². The number of nitrogens with zero attached hydrogens (tertiary/aromatic N) is 2. The first kappa shape index (κ1) is 17.8. The summed E-state index contributed by atoms with van der Waals surface area (Å²) in [6.45, 7) is 6.42. The molecule has 3 N–H and O–H groups in total. The fourth-order valence-corrected chi connectivity index (χ4v) is 4.31. The molecule has 1 aliphatic heterocycles. The summed E-state index contributed by atoms with van der Waals surface area (Å²) in [6, 6.07) is 14.6. The van der Waals surface area contributed by atoms with Crippen LogP contribution in [0.25, 0.3) is 0 Å². The topological polar surface area (TPSA) is 72.8 Å². The molecule has 1 saturated carbocycles. The Morgan fingerprint density at radius 2 is 2.15 bits per heavy atom. The average Bonchev–Trinajstić information content (AvgIpc) is 3.47. The van der Waals surface area contributed by atoms with Gasteiger partial charge in [-0.3, -0.25) is 0 Å². The number of benzene rings is 1. The van der Waals surface area contributed by atoms with Crippen LogP contribution in [-0.4, -0.2) is 29.7 Å². The molecule has 4 atom stereocenters. The Hall–Kier alpha value is -2.58. The normalized spacial score (nSPS) is 26.9. The van der Waals surface area contributed by atoms with E-state index in [-0.39, 0.29) is 5.54 Å². The molecule has 2 heterocycles. The summed E-state index contributed by atoms with van der Waals surface area (Å²) >= 11 is 0. The molecule has 0 saturated heterocycles. The highest BCUT2D eigenvalue weighted by atomic mass is 15.2. The lowest BCUT2D eigenvalue weighted by atomic mass is 9.98. The maximum atomic E-state index is 8.95. The van der Waals surface area contributed by atoms with Gasteiger partial charge in [0.25, 0.3) is 0 Å². The third-order valence-electron chi connectivity index (χ3n) is 6.26. The Kier molecular flexibility index (Phi) is 4.75. The Balaban J connectivity index is 1.36. The van der Waals surface area contributed by atoms with Crippen molar-refractivity contribution in [2.45, 2.75) is 44.2 Å². The monoisotopic (exact) mass is 361 g/mol. The van der Waals surface area contributed by atoms with Gasteiger partial charge in [0, 0.05) is 36.8 Å². The van der Waals surface area contributed by atoms with Crippen molar-refractivity contribution in [3.63, 3.8) is 0 Å². The highest BCUT2D eigenvalue weighted by molar-refractivity contribution is 5.67. The number of nitrogens with one attached hydrogen (secondary N) is 3. The number of rotatable bonds is 6. The third-order valence-corrected chi connectivity index (χ3v) is 6.26. The van der Waals surface area contributed by atoms with Crippen molar-refractivity contribution in [3.05, 3.63) is 53.7 Å². The van der Waals surface area contributed by atoms with Crippen LogP contribution in [0.2, 0.25) is 0 Å². The van der Waals surface area contributed by atoms with Gasteiger partial charge in [-0.15, -0.1) is 0 Å². The predicted octanol–water partition coefficient (Wildman–Crippen LogP) is 3.72. The first-order valence-corrected chi connectivity index (χ1v) is 9.85. The lowest BCUT2D eigenvalue weighted by molar-refractivity contribution is 0.410. The standard InChI is InChI=1S/C22H27N5/c1-3-22(26-13-15(2)17-8-6-16(12-23)7-9-17)11-18(22)20-14-25-19-5-4-10-24-21(19)27-20/h4-10,15,18,20,25-26H,3,11,13-14H2,1-2H3,(H,24,27)/t15-,18?,20-,22-/m1/s1. The second kappa shape index (κ2) is 7.21. The highest BCUT2D eigenvalue weighted by Gasteiger charge is 2.56. The van der Waals surface area contributed by atoms with Gasteiger partial charge in [0.05, 0.1) is 17.3 Å². The zero-order valence-electron chi connectivity index (χ0n) is 16.0. The second-order valence-electron chi connectivity index (χ2n) is 7.87. The Labute approximate surface area is 161 Å². The molecule has 0 bridgehead atoms. The van der Waals surface area contributed by atoms with Gasteiger partial charge in [-0.1, -0.05) is 26.0 Å². The molecule has 0 radical (unpaired) electrons. The van der Waals surface area contributed by atoms with Crippen molar-refractivity contribution in [1.82, 2.24) is 10.3 Å². The Morgan fingerprint density at radius 3 is 2.89 bits per heavy atom. The summed E-state index contributed by atoms with van der Waals surface area (Å²) in [4.78, 5) is 4.46. The van der Waals surface area contributed by atoms with E-state index in [9.17, 15) is 0 Å². The second-order valence-corrected chi connectivity index (χ2v) is 7.87. The summed E-state index contributed by atoms with van der Waals surface area (Å²) in [5.41, 5.74) is 3.31. The molecule has 4 rings (SSSR count). The number of hydrogen-bond donors (Lipinski definition) is 3. The van der Waals surface area contributed by atoms with Gasteiger partial charge in [-0.05, 0) is 48.6 Å². The van der Waals surface area contributed by atoms with Crippen LogP contribution >= 0.6 is 0 Å². The molecule has 2 aromatic rings. The number of fused-ring (bicyclic) bond motifs is 1. The van der Waals surface area contributed by atoms with E-state index in [1.807, 2.05) is 24.4 Å². The maximum absolute atomic E-state index is 8.95. The zero-order chi connectivity index (χ0) is 18.9. The summed E-state index contributed by atoms with van der Waals surface area (Å²) in [5.74, 6) is 2.00. The van der Waals surface area contributed by atoms with E-state index in [0.29, 0.717) is 17.9 Å². The highest BCUT2D eigenvalue weighted by Crippen LogP contribution is 2.50. The smallest absolute Gasteiger partial charge is 0.149 e. The molecule has 1 fully saturated rings. The van der Waals surface area contributed by atoms with E-state index in [1.54, 1.807) is 0 Å². The minimum absolute atomic E-state index is 0.215. The van der Waals surface area contributed by atoms with Gasteiger partial charge >= 0.3 is 0 Å². The van der Waals surface area contributed by atoms with Gasteiger partial charge in [0.1, 0.15) is 5.82 Å². The van der Waals surface area contributed by atoms with Gasteiger partial charge in [-0.2, -0.15) is 5.26 Å². The minimum Gasteiger partial charge on any atom is -0.380 e. The van der Waals surface area contributed by atoms with Crippen LogP contribution in [0.5, 0.6) is 0 Å². The lowest BCUT2D eigenvalue weighted by Crippen LogP contribution is -2.43. The van der Waals surface area contributed by atoms with E-state index in [1.165, 1.54) is 12.0 Å². The molecule has 5 nitrogen and oxygen atoms in total. The van der Waals surface area contributed by atoms with Crippen molar-refractivity contribution < 1.29 is 0 Å². The molecular formula is C22H27N5. The van der Waals surface area contributed by atoms with Gasteiger partial charge in [0.2, 0.25) is 0 Å². The van der Waals surface area contributed by atoms with Crippen LogP contribution in [-0.2, 0) is 0 Å². The molecular weight excluding hydrogens is 334 g/mol. The molecule has 1 aromatic heterocycles. The van der Waals surface area contributed by atoms with E-state index < -0.39 is 0 Å². The van der Waals surface area contributed by atoms with Crippen LogP contribution in [0.15, 0.2) is 42.6 Å². The minimum atomic E-state index is 0.215. The Morgan fingerprint density at radius 1 is 1.33 bits per heavy atom. The molecule has 2 aliphatic rings. The van der Waals surface area contributed by atoms with Crippen molar-refractivity contribution >= 4 is 11.5 Å². The first-order chi connectivity index (χ1) is 13.1. The van der Waals surface area contributed by atoms with E-state index >= 15 is 0 Å². The van der Waals surface area contributed by atoms with E-state index in [4.69, 9.17) is 5.26 Å². The van der Waals surface area contributed by atoms with E-state index in [0.717, 1.165) is 36.6 Å². The largest absolute Gasteiger partial charge is 0.380 e. The molecule has 1 aromatic carbocycles. The average molecular weight is 361 g/mol. The van der Waals surface area contributed by atoms with Crippen molar-refractivity contribution in [1.29, 1.82) is 5.26 Å². The fraction of sp³-hybridized carbons (Fsp3) is 0.455. The van der Waals surface area contributed by atoms with Crippen molar-refractivity contribution in [3.8, 4) is 6.07 Å². The van der Waals surface area contributed by atoms with Gasteiger partial charge in [0.15, 0.2) is 0 Å². The van der Waals surface area contributed by atoms with Crippen molar-refractivity contribution in [2.75, 3.05) is 23.7 Å². The molecule has 1 aliphatic carbocycles. The number of aromatic nitrogens is 1. The Bertz CT molecular complexity index is 841. The lowest BCUT2D eigenvalue weighted by Gasteiger charge is -2.30. The van der Waals surface area contributed by atoms with Crippen LogP contribution in [0.3, 0.4) is 0 Å². The maximum Gasteiger partial charge on any atom is 0.149 e. The summed E-state index contributed by atoms with van der Waals surface area (Å²) < 4.78 is 0. The zero-order valence-corrected chi connectivity index (χ0v) is 16.0.